The van der Waals surface area contributed by atoms with E-state index in [4.69, 9.17) is 9.98 Å². The Morgan fingerprint density at radius 2 is 0.875 bits per heavy atom. The highest BCUT2D eigenvalue weighted by atomic mass is 32.1. The summed E-state index contributed by atoms with van der Waals surface area (Å²) in [5.74, 6) is 0. The molecule has 4 aromatic carbocycles. The lowest BCUT2D eigenvalue weighted by Gasteiger charge is -2.04. The zero-order valence-corrected chi connectivity index (χ0v) is 24.2. The highest BCUT2D eigenvalue weighted by Crippen LogP contribution is 2.22. The van der Waals surface area contributed by atoms with Crippen molar-refractivity contribution in [3.8, 4) is 22.5 Å². The quantitative estimate of drug-likeness (QED) is 0.190. The van der Waals surface area contributed by atoms with Crippen LogP contribution in [0, 0.1) is 0 Å². The van der Waals surface area contributed by atoms with E-state index < -0.39 is 0 Å². The number of hydrogen-bond acceptors (Lipinski definition) is 4. The third kappa shape index (κ3) is 5.83. The summed E-state index contributed by atoms with van der Waals surface area (Å²) in [6.07, 6.45) is 1.98. The minimum atomic E-state index is 0.976. The summed E-state index contributed by atoms with van der Waals surface area (Å²) in [7, 11) is 4.15. The molecule has 0 aliphatic rings. The molecule has 2 aromatic heterocycles. The van der Waals surface area contributed by atoms with Crippen molar-refractivity contribution in [2.24, 2.45) is 24.1 Å². The molecule has 0 aliphatic heterocycles. The van der Waals surface area contributed by atoms with Crippen LogP contribution < -0.4 is 9.60 Å². The van der Waals surface area contributed by atoms with Crippen LogP contribution in [0.1, 0.15) is 11.1 Å². The van der Waals surface area contributed by atoms with Gasteiger partial charge in [0.2, 0.25) is 0 Å². The van der Waals surface area contributed by atoms with E-state index in [1.807, 2.05) is 12.1 Å². The summed E-state index contributed by atoms with van der Waals surface area (Å²) in [4.78, 5) is 11.8. The molecule has 0 bridgehead atoms. The summed E-state index contributed by atoms with van der Waals surface area (Å²) in [6.45, 7) is 0. The molecule has 2 heterocycles. The number of nitrogens with zero attached hydrogens (tertiary/aromatic N) is 4. The molecule has 6 rings (SSSR count). The molecular formula is C34H30N4S2. The van der Waals surface area contributed by atoms with Crippen molar-refractivity contribution in [2.75, 3.05) is 0 Å². The first-order chi connectivity index (χ1) is 19.6. The third-order valence-corrected chi connectivity index (χ3v) is 8.85. The largest absolute Gasteiger partial charge is 0.320 e. The molecule has 0 saturated carbocycles. The first-order valence-corrected chi connectivity index (χ1v) is 15.1. The van der Waals surface area contributed by atoms with Gasteiger partial charge in [-0.15, -0.1) is 22.7 Å². The Hall–Kier alpha value is -4.26. The molecule has 6 heteroatoms. The second-order valence-corrected chi connectivity index (χ2v) is 11.4. The Morgan fingerprint density at radius 1 is 0.500 bits per heavy atom. The Balaban J connectivity index is 1.10. The maximum absolute atomic E-state index is 4.89. The average Bonchev–Trinajstić information content (AvgIpc) is 3.55. The minimum Gasteiger partial charge on any atom is -0.320 e. The Morgan fingerprint density at radius 3 is 1.25 bits per heavy atom. The lowest BCUT2D eigenvalue weighted by molar-refractivity contribution is 0.882. The van der Waals surface area contributed by atoms with Gasteiger partial charge in [-0.3, -0.25) is 0 Å². The van der Waals surface area contributed by atoms with Gasteiger partial charge in [-0.2, -0.15) is 0 Å². The highest BCUT2D eigenvalue weighted by Gasteiger charge is 2.06. The van der Waals surface area contributed by atoms with E-state index in [0.717, 1.165) is 33.8 Å². The van der Waals surface area contributed by atoms with Crippen LogP contribution in [-0.2, 0) is 26.9 Å². The van der Waals surface area contributed by atoms with Crippen molar-refractivity contribution >= 4 is 34.0 Å². The molecule has 0 N–H and O–H groups in total. The molecule has 0 unspecified atom stereocenters. The van der Waals surface area contributed by atoms with E-state index in [0.29, 0.717) is 0 Å². The molecule has 198 valence electrons. The van der Waals surface area contributed by atoms with Gasteiger partial charge in [0.15, 0.2) is 9.60 Å². The van der Waals surface area contributed by atoms with Crippen molar-refractivity contribution in [3.05, 3.63) is 141 Å². The van der Waals surface area contributed by atoms with Gasteiger partial charge in [-0.05, 0) is 59.4 Å². The van der Waals surface area contributed by atoms with E-state index in [1.165, 1.54) is 33.6 Å². The lowest BCUT2D eigenvalue weighted by Crippen LogP contribution is -2.10. The standard InChI is InChI=1S/C34H30N4S2/c1-37-31(27-9-5-3-6-10-27)23-39-33(37)35-29-19-15-25(16-20-29)13-14-26-17-21-30(22-18-26)36-34-38(2)32(24-40-34)28-11-7-4-8-12-28/h3-12,15-24H,13-14H2,1-2H3. The predicted octanol–water partition coefficient (Wildman–Crippen LogP) is 8.07. The van der Waals surface area contributed by atoms with Crippen LogP contribution >= 0.6 is 22.7 Å². The van der Waals surface area contributed by atoms with Crippen LogP contribution in [0.4, 0.5) is 11.4 Å². The number of hydrogen-bond donors (Lipinski definition) is 0. The highest BCUT2D eigenvalue weighted by molar-refractivity contribution is 7.07. The average molecular weight is 559 g/mol. The van der Waals surface area contributed by atoms with Crippen LogP contribution in [-0.4, -0.2) is 9.13 Å². The molecular weight excluding hydrogens is 529 g/mol. The fourth-order valence-electron chi connectivity index (χ4n) is 4.67. The molecule has 0 aliphatic carbocycles. The maximum atomic E-state index is 4.89. The van der Waals surface area contributed by atoms with Crippen LogP contribution in [0.3, 0.4) is 0 Å². The summed E-state index contributed by atoms with van der Waals surface area (Å²) in [5.41, 5.74) is 9.35. The summed E-state index contributed by atoms with van der Waals surface area (Å²) >= 11 is 3.34. The van der Waals surface area contributed by atoms with Crippen molar-refractivity contribution in [3.63, 3.8) is 0 Å². The molecule has 0 atom stereocenters. The van der Waals surface area contributed by atoms with Crippen molar-refractivity contribution < 1.29 is 0 Å². The van der Waals surface area contributed by atoms with Gasteiger partial charge in [-0.25, -0.2) is 9.98 Å². The second kappa shape index (κ2) is 11.9. The van der Waals surface area contributed by atoms with E-state index in [-0.39, 0.29) is 0 Å². The number of aromatic nitrogens is 2. The molecule has 0 saturated heterocycles. The first kappa shape index (κ1) is 26.0. The van der Waals surface area contributed by atoms with E-state index in [9.17, 15) is 0 Å². The maximum Gasteiger partial charge on any atom is 0.190 e. The van der Waals surface area contributed by atoms with Crippen molar-refractivity contribution in [1.29, 1.82) is 0 Å². The predicted molar refractivity (Wildman–Crippen MR) is 168 cm³/mol. The first-order valence-electron chi connectivity index (χ1n) is 13.3. The molecule has 0 spiro atoms. The van der Waals surface area contributed by atoms with E-state index >= 15 is 0 Å². The Bertz CT molecular complexity index is 1700. The van der Waals surface area contributed by atoms with E-state index in [2.05, 4.69) is 131 Å². The third-order valence-electron chi connectivity index (χ3n) is 7.01. The topological polar surface area (TPSA) is 34.6 Å². The Kier molecular flexibility index (Phi) is 7.71. The normalized spacial score (nSPS) is 12.2. The number of rotatable bonds is 7. The minimum absolute atomic E-state index is 0.976. The van der Waals surface area contributed by atoms with Gasteiger partial charge in [-0.1, -0.05) is 84.9 Å². The van der Waals surface area contributed by atoms with Crippen LogP contribution in [0.15, 0.2) is 130 Å². The summed E-state index contributed by atoms with van der Waals surface area (Å²) in [5, 5.41) is 4.34. The van der Waals surface area contributed by atoms with Gasteiger partial charge in [0.05, 0.1) is 22.8 Å². The monoisotopic (exact) mass is 558 g/mol. The number of aryl methyl sites for hydroxylation is 2. The van der Waals surface area contributed by atoms with Gasteiger partial charge >= 0.3 is 0 Å². The Labute approximate surface area is 242 Å². The zero-order valence-electron chi connectivity index (χ0n) is 22.6. The molecule has 40 heavy (non-hydrogen) atoms. The summed E-state index contributed by atoms with van der Waals surface area (Å²) in [6, 6.07) is 38.1. The van der Waals surface area contributed by atoms with Gasteiger partial charge in [0.25, 0.3) is 0 Å². The molecule has 6 aromatic rings. The number of benzene rings is 4. The molecule has 0 amide bonds. The fraction of sp³-hybridized carbons (Fsp3) is 0.118. The van der Waals surface area contributed by atoms with Crippen LogP contribution in [0.5, 0.6) is 0 Å². The van der Waals surface area contributed by atoms with Crippen molar-refractivity contribution in [1.82, 2.24) is 9.13 Å². The fourth-order valence-corrected chi connectivity index (χ4v) is 6.52. The smallest absolute Gasteiger partial charge is 0.190 e. The molecule has 0 fully saturated rings. The number of thiazole rings is 2. The van der Waals surface area contributed by atoms with Gasteiger partial charge < -0.3 is 9.13 Å². The zero-order chi connectivity index (χ0) is 27.3. The van der Waals surface area contributed by atoms with E-state index in [1.54, 1.807) is 22.7 Å². The second-order valence-electron chi connectivity index (χ2n) is 9.71. The van der Waals surface area contributed by atoms with Crippen molar-refractivity contribution in [2.45, 2.75) is 12.8 Å². The SMILES string of the molecule is Cn1c(-c2ccccc2)csc1=Nc1ccc(CCc2ccc(N=c3scc(-c4ccccc4)n3C)cc2)cc1. The van der Waals surface area contributed by atoms with Crippen LogP contribution in [0.25, 0.3) is 22.5 Å². The molecule has 4 nitrogen and oxygen atoms in total. The van der Waals surface area contributed by atoms with Gasteiger partial charge in [0, 0.05) is 24.9 Å². The molecule has 0 radical (unpaired) electrons. The van der Waals surface area contributed by atoms with Crippen LogP contribution in [0.2, 0.25) is 0 Å². The van der Waals surface area contributed by atoms with Gasteiger partial charge in [0.1, 0.15) is 0 Å². The lowest BCUT2D eigenvalue weighted by atomic mass is 10.0. The summed E-state index contributed by atoms with van der Waals surface area (Å²) < 4.78 is 4.31.